The van der Waals surface area contributed by atoms with E-state index in [1.165, 1.54) is 31.5 Å². The molecule has 1 aromatic carbocycles. The number of benzene rings is 1. The Hall–Kier alpha value is -2.51. The number of ether oxygens (including phenoxy) is 1. The Morgan fingerprint density at radius 1 is 1.40 bits per heavy atom. The molecule has 20 heavy (non-hydrogen) atoms. The van der Waals surface area contributed by atoms with Crippen LogP contribution in [0, 0.1) is 0 Å². The summed E-state index contributed by atoms with van der Waals surface area (Å²) in [6.45, 7) is -0.196. The summed E-state index contributed by atoms with van der Waals surface area (Å²) in [5.41, 5.74) is -0.239. The second kappa shape index (κ2) is 7.17. The van der Waals surface area contributed by atoms with E-state index < -0.39 is 20.9 Å². The van der Waals surface area contributed by atoms with Crippen molar-refractivity contribution in [3.63, 3.8) is 0 Å². The predicted molar refractivity (Wildman–Crippen MR) is 67.5 cm³/mol. The van der Waals surface area contributed by atoms with E-state index in [-0.39, 0.29) is 12.2 Å². The van der Waals surface area contributed by atoms with Crippen molar-refractivity contribution in [1.29, 1.82) is 0 Å². The molecule has 0 aliphatic rings. The summed E-state index contributed by atoms with van der Waals surface area (Å²) in [7, 11) is -2.96. The van der Waals surface area contributed by atoms with E-state index in [0.29, 0.717) is 0 Å². The lowest BCUT2D eigenvalue weighted by Crippen LogP contribution is -2.12. The molecule has 1 aromatic rings. The molecule has 0 saturated carbocycles. The van der Waals surface area contributed by atoms with E-state index in [9.17, 15) is 18.0 Å². The van der Waals surface area contributed by atoms with Gasteiger partial charge in [0, 0.05) is 0 Å². The third-order valence-electron chi connectivity index (χ3n) is 2.01. The number of isocyanates is 1. The third kappa shape index (κ3) is 4.01. The monoisotopic (exact) mass is 298 g/mol. The topological polar surface area (TPSA) is 111 Å². The Bertz CT molecular complexity index is 661. The number of sulfonamides is 1. The third-order valence-corrected chi connectivity index (χ3v) is 3.24. The summed E-state index contributed by atoms with van der Waals surface area (Å²) >= 11 is 0. The maximum absolute atomic E-state index is 11.8. The van der Waals surface area contributed by atoms with Gasteiger partial charge in [-0.2, -0.15) is 8.42 Å². The van der Waals surface area contributed by atoms with Crippen LogP contribution in [-0.2, 0) is 24.4 Å². The summed E-state index contributed by atoms with van der Waals surface area (Å²) in [5, 5.41) is 3.35. The molecule has 0 N–H and O–H groups in total. The normalized spacial score (nSPS) is 10.8. The molecule has 0 atom stereocenters. The maximum atomic E-state index is 11.8. The van der Waals surface area contributed by atoms with Crippen molar-refractivity contribution in [2.75, 3.05) is 13.7 Å². The Kier molecular flexibility index (Phi) is 5.57. The van der Waals surface area contributed by atoms with Crippen molar-refractivity contribution in [3.05, 3.63) is 29.8 Å². The summed E-state index contributed by atoms with van der Waals surface area (Å²) in [5.74, 6) is -0.896. The van der Waals surface area contributed by atoms with Crippen LogP contribution >= 0.6 is 0 Å². The van der Waals surface area contributed by atoms with Crippen LogP contribution in [-0.4, -0.2) is 40.4 Å². The van der Waals surface area contributed by atoms with E-state index in [0.717, 1.165) is 12.1 Å². The number of hydrogen-bond acceptors (Lipinski definition) is 7. The molecule has 0 fully saturated rings. The van der Waals surface area contributed by atoms with Crippen LogP contribution in [0.15, 0.2) is 38.7 Å². The second-order valence-electron chi connectivity index (χ2n) is 3.22. The quantitative estimate of drug-likeness (QED) is 0.327. The van der Waals surface area contributed by atoms with Crippen molar-refractivity contribution in [1.82, 2.24) is 0 Å². The van der Waals surface area contributed by atoms with Gasteiger partial charge in [-0.25, -0.2) is 9.59 Å². The van der Waals surface area contributed by atoms with Crippen molar-refractivity contribution in [3.8, 4) is 0 Å². The molecule has 106 valence electrons. The van der Waals surface area contributed by atoms with Gasteiger partial charge in [0.2, 0.25) is 0 Å². The molecule has 8 nitrogen and oxygen atoms in total. The molecule has 0 saturated heterocycles. The molecule has 0 aliphatic heterocycles. The highest BCUT2D eigenvalue weighted by atomic mass is 32.2. The maximum Gasteiger partial charge on any atom is 0.339 e. The van der Waals surface area contributed by atoms with Gasteiger partial charge in [0.05, 0.1) is 11.8 Å². The number of hydrogen-bond donors (Lipinski definition) is 0. The highest BCUT2D eigenvalue weighted by Gasteiger charge is 2.22. The van der Waals surface area contributed by atoms with E-state index in [4.69, 9.17) is 4.74 Å². The van der Waals surface area contributed by atoms with Crippen molar-refractivity contribution in [2.24, 2.45) is 9.55 Å². The van der Waals surface area contributed by atoms with E-state index in [1.54, 1.807) is 0 Å². The van der Waals surface area contributed by atoms with Gasteiger partial charge < -0.3 is 9.57 Å². The first-order chi connectivity index (χ1) is 9.53. The molecule has 9 heteroatoms. The van der Waals surface area contributed by atoms with E-state index in [1.807, 2.05) is 0 Å². The Labute approximate surface area is 114 Å². The Morgan fingerprint density at radius 3 is 2.75 bits per heavy atom. The zero-order chi connectivity index (χ0) is 15.0. The van der Waals surface area contributed by atoms with Gasteiger partial charge in [0.15, 0.2) is 0 Å². The van der Waals surface area contributed by atoms with Crippen LogP contribution in [0.25, 0.3) is 0 Å². The molecule has 0 amide bonds. The van der Waals surface area contributed by atoms with E-state index >= 15 is 0 Å². The second-order valence-corrected chi connectivity index (χ2v) is 4.80. The molecule has 1 rings (SSSR count). The molecule has 0 aliphatic carbocycles. The largest absolute Gasteiger partial charge is 0.456 e. The highest BCUT2D eigenvalue weighted by molar-refractivity contribution is 7.90. The standard InChI is InChI=1S/C11H10N2O6S/c1-18-12-6-7-19-11(15)9-4-2-3-5-10(9)20(16,17)13-8-14/h2-6H,7H2,1H3. The lowest BCUT2D eigenvalue weighted by Gasteiger charge is -2.05. The van der Waals surface area contributed by atoms with Crippen molar-refractivity contribution >= 4 is 28.3 Å². The zero-order valence-corrected chi connectivity index (χ0v) is 11.2. The van der Waals surface area contributed by atoms with Gasteiger partial charge in [-0.1, -0.05) is 21.7 Å². The van der Waals surface area contributed by atoms with Crippen molar-refractivity contribution in [2.45, 2.75) is 4.90 Å². The average Bonchev–Trinajstić information content (AvgIpc) is 2.43. The molecular formula is C11H10N2O6S. The smallest absolute Gasteiger partial charge is 0.339 e. The van der Waals surface area contributed by atoms with Crippen LogP contribution < -0.4 is 0 Å². The SMILES string of the molecule is CON=CCOC(=O)c1ccccc1S(=O)(=O)N=C=O. The molecular weight excluding hydrogens is 288 g/mol. The molecule has 0 aromatic heterocycles. The van der Waals surface area contributed by atoms with Crippen LogP contribution in [0.5, 0.6) is 0 Å². The number of nitrogens with zero attached hydrogens (tertiary/aromatic N) is 2. The first-order valence-electron chi connectivity index (χ1n) is 5.18. The number of esters is 1. The van der Waals surface area contributed by atoms with Crippen LogP contribution in [0.2, 0.25) is 0 Å². The van der Waals surface area contributed by atoms with Crippen molar-refractivity contribution < 1.29 is 27.6 Å². The van der Waals surface area contributed by atoms with Gasteiger partial charge in [0.25, 0.3) is 16.1 Å². The van der Waals surface area contributed by atoms with E-state index in [2.05, 4.69) is 14.4 Å². The van der Waals surface area contributed by atoms with Gasteiger partial charge in [0.1, 0.15) is 18.6 Å². The average molecular weight is 298 g/mol. The molecule has 0 unspecified atom stereocenters. The van der Waals surface area contributed by atoms with Gasteiger partial charge in [-0.3, -0.25) is 0 Å². The van der Waals surface area contributed by atoms with Gasteiger partial charge in [-0.15, -0.1) is 0 Å². The Morgan fingerprint density at radius 2 is 2.10 bits per heavy atom. The van der Waals surface area contributed by atoms with Gasteiger partial charge >= 0.3 is 5.97 Å². The molecule has 0 bridgehead atoms. The van der Waals surface area contributed by atoms with Crippen LogP contribution in [0.3, 0.4) is 0 Å². The molecule has 0 heterocycles. The number of oxime groups is 1. The summed E-state index contributed by atoms with van der Waals surface area (Å²) < 4.78 is 30.8. The number of carbonyl (C=O) groups is 1. The minimum Gasteiger partial charge on any atom is -0.456 e. The minimum atomic E-state index is -4.28. The van der Waals surface area contributed by atoms with Crippen LogP contribution in [0.1, 0.15) is 10.4 Å². The number of carbonyl (C=O) groups excluding carboxylic acids is 2. The van der Waals surface area contributed by atoms with Gasteiger partial charge in [-0.05, 0) is 12.1 Å². The Balaban J connectivity index is 3.05. The number of rotatable bonds is 6. The molecule has 0 radical (unpaired) electrons. The summed E-state index contributed by atoms with van der Waals surface area (Å²) in [6, 6.07) is 5.21. The summed E-state index contributed by atoms with van der Waals surface area (Å²) in [6.07, 6.45) is 2.11. The molecule has 0 spiro atoms. The summed E-state index contributed by atoms with van der Waals surface area (Å²) in [4.78, 5) is 25.8. The first-order valence-corrected chi connectivity index (χ1v) is 6.62. The highest BCUT2D eigenvalue weighted by Crippen LogP contribution is 2.18. The zero-order valence-electron chi connectivity index (χ0n) is 10.3. The first kappa shape index (κ1) is 15.5. The minimum absolute atomic E-state index is 0.196. The fourth-order valence-electron chi connectivity index (χ4n) is 1.25. The predicted octanol–water partition coefficient (Wildman–Crippen LogP) is 0.500. The fourth-order valence-corrected chi connectivity index (χ4v) is 2.13. The lowest BCUT2D eigenvalue weighted by atomic mass is 10.2. The van der Waals surface area contributed by atoms with Crippen LogP contribution in [0.4, 0.5) is 0 Å². The lowest BCUT2D eigenvalue weighted by molar-refractivity contribution is 0.0559. The fraction of sp³-hybridized carbons (Fsp3) is 0.182.